The van der Waals surface area contributed by atoms with Crippen LogP contribution in [0.15, 0.2) is 0 Å². The van der Waals surface area contributed by atoms with Gasteiger partial charge in [0.2, 0.25) is 5.91 Å². The lowest BCUT2D eigenvalue weighted by atomic mass is 10.1. The topological polar surface area (TPSA) is 20.3 Å². The number of rotatable bonds is 4. The molecule has 0 aliphatic carbocycles. The Bertz CT molecular complexity index is 182. The van der Waals surface area contributed by atoms with Gasteiger partial charge in [-0.2, -0.15) is 12.6 Å². The molecule has 1 aliphatic rings. The van der Waals surface area contributed by atoms with Crippen LogP contribution in [0.5, 0.6) is 0 Å². The molecule has 0 saturated carbocycles. The predicted molar refractivity (Wildman–Crippen MR) is 58.0 cm³/mol. The zero-order valence-corrected chi connectivity index (χ0v) is 9.39. The number of nitrogens with zero attached hydrogens (tertiary/aromatic N) is 1. The van der Waals surface area contributed by atoms with Crippen molar-refractivity contribution in [3.05, 3.63) is 0 Å². The second-order valence-corrected chi connectivity index (χ2v) is 4.75. The van der Waals surface area contributed by atoms with Gasteiger partial charge < -0.3 is 4.90 Å². The summed E-state index contributed by atoms with van der Waals surface area (Å²) in [6, 6.07) is 0. The van der Waals surface area contributed by atoms with Crippen LogP contribution < -0.4 is 0 Å². The van der Waals surface area contributed by atoms with Crippen LogP contribution in [0.25, 0.3) is 0 Å². The van der Waals surface area contributed by atoms with Gasteiger partial charge >= 0.3 is 0 Å². The van der Waals surface area contributed by atoms with Gasteiger partial charge in [-0.25, -0.2) is 0 Å². The standard InChI is InChI=1S/C10H19NOS/c1-8(2)9(13)5-7-11-6-3-4-10(11)12/h8-9,13H,3-7H2,1-2H3. The molecule has 0 aromatic heterocycles. The number of hydrogen-bond donors (Lipinski definition) is 1. The maximum atomic E-state index is 11.3. The fraction of sp³-hybridized carbons (Fsp3) is 0.900. The van der Waals surface area contributed by atoms with E-state index in [0.29, 0.717) is 17.1 Å². The largest absolute Gasteiger partial charge is 0.343 e. The third kappa shape index (κ3) is 3.22. The average Bonchev–Trinajstić information content (AvgIpc) is 2.47. The lowest BCUT2D eigenvalue weighted by molar-refractivity contribution is -0.127. The fourth-order valence-corrected chi connectivity index (χ4v) is 1.68. The summed E-state index contributed by atoms with van der Waals surface area (Å²) in [4.78, 5) is 13.2. The normalized spacial score (nSPS) is 20.0. The summed E-state index contributed by atoms with van der Waals surface area (Å²) in [6.45, 7) is 6.19. The van der Waals surface area contributed by atoms with Gasteiger partial charge in [-0.3, -0.25) is 4.79 Å². The highest BCUT2D eigenvalue weighted by Gasteiger charge is 2.20. The first kappa shape index (κ1) is 10.9. The summed E-state index contributed by atoms with van der Waals surface area (Å²) in [5, 5.41) is 0.424. The number of amides is 1. The number of carbonyl (C=O) groups excluding carboxylic acids is 1. The summed E-state index contributed by atoms with van der Waals surface area (Å²) in [5.74, 6) is 0.922. The molecular formula is C10H19NOS. The first-order valence-corrected chi connectivity index (χ1v) is 5.58. The van der Waals surface area contributed by atoms with Crippen LogP contribution in [-0.2, 0) is 4.79 Å². The molecule has 2 nitrogen and oxygen atoms in total. The van der Waals surface area contributed by atoms with Crippen molar-refractivity contribution in [1.82, 2.24) is 4.90 Å². The second-order valence-electron chi connectivity index (χ2n) is 4.08. The van der Waals surface area contributed by atoms with E-state index in [9.17, 15) is 4.79 Å². The molecular weight excluding hydrogens is 182 g/mol. The molecule has 0 spiro atoms. The van der Waals surface area contributed by atoms with Crippen LogP contribution >= 0.6 is 12.6 Å². The van der Waals surface area contributed by atoms with Crippen LogP contribution in [0.2, 0.25) is 0 Å². The van der Waals surface area contributed by atoms with Crippen molar-refractivity contribution < 1.29 is 4.79 Å². The van der Waals surface area contributed by atoms with Gasteiger partial charge in [-0.1, -0.05) is 13.8 Å². The summed E-state index contributed by atoms with van der Waals surface area (Å²) < 4.78 is 0. The second kappa shape index (κ2) is 4.89. The van der Waals surface area contributed by atoms with E-state index in [2.05, 4.69) is 26.5 Å². The highest BCUT2D eigenvalue weighted by molar-refractivity contribution is 7.81. The monoisotopic (exact) mass is 201 g/mol. The van der Waals surface area contributed by atoms with Crippen molar-refractivity contribution in [1.29, 1.82) is 0 Å². The van der Waals surface area contributed by atoms with Crippen molar-refractivity contribution in [2.24, 2.45) is 5.92 Å². The van der Waals surface area contributed by atoms with E-state index in [1.54, 1.807) is 0 Å². The molecule has 13 heavy (non-hydrogen) atoms. The van der Waals surface area contributed by atoms with E-state index in [4.69, 9.17) is 0 Å². The maximum Gasteiger partial charge on any atom is 0.222 e. The summed E-state index contributed by atoms with van der Waals surface area (Å²) in [6.07, 6.45) is 2.81. The molecule has 0 N–H and O–H groups in total. The molecule has 1 amide bonds. The molecule has 1 aliphatic heterocycles. The Labute approximate surface area is 86.1 Å². The summed E-state index contributed by atoms with van der Waals surface area (Å²) >= 11 is 4.49. The van der Waals surface area contributed by atoms with E-state index < -0.39 is 0 Å². The molecule has 3 heteroatoms. The Morgan fingerprint density at radius 1 is 1.54 bits per heavy atom. The third-order valence-electron chi connectivity index (χ3n) is 2.64. The number of likely N-dealkylation sites (tertiary alicyclic amines) is 1. The minimum atomic E-state index is 0.323. The minimum Gasteiger partial charge on any atom is -0.343 e. The van der Waals surface area contributed by atoms with Crippen LogP contribution in [0.3, 0.4) is 0 Å². The first-order valence-electron chi connectivity index (χ1n) is 5.07. The fourth-order valence-electron chi connectivity index (χ4n) is 1.56. The highest BCUT2D eigenvalue weighted by Crippen LogP contribution is 2.16. The van der Waals surface area contributed by atoms with Gasteiger partial charge in [0.15, 0.2) is 0 Å². The van der Waals surface area contributed by atoms with Gasteiger partial charge in [0.1, 0.15) is 0 Å². The minimum absolute atomic E-state index is 0.323. The molecule has 1 unspecified atom stereocenters. The van der Waals surface area contributed by atoms with Crippen molar-refractivity contribution in [3.8, 4) is 0 Å². The number of carbonyl (C=O) groups is 1. The van der Waals surface area contributed by atoms with E-state index in [1.807, 2.05) is 4.90 Å². The lowest BCUT2D eigenvalue weighted by Crippen LogP contribution is -2.28. The van der Waals surface area contributed by atoms with Crippen molar-refractivity contribution in [2.75, 3.05) is 13.1 Å². The van der Waals surface area contributed by atoms with E-state index >= 15 is 0 Å². The Kier molecular flexibility index (Phi) is 4.10. The Balaban J connectivity index is 2.22. The van der Waals surface area contributed by atoms with Crippen LogP contribution in [-0.4, -0.2) is 29.1 Å². The first-order chi connectivity index (χ1) is 6.11. The zero-order chi connectivity index (χ0) is 9.84. The summed E-state index contributed by atoms with van der Waals surface area (Å²) in [5.41, 5.74) is 0. The molecule has 0 aromatic carbocycles. The van der Waals surface area contributed by atoms with E-state index in [-0.39, 0.29) is 0 Å². The molecule has 1 rings (SSSR count). The van der Waals surface area contributed by atoms with E-state index in [1.165, 1.54) is 0 Å². The Morgan fingerprint density at radius 2 is 2.23 bits per heavy atom. The molecule has 1 saturated heterocycles. The molecule has 76 valence electrons. The molecule has 0 bridgehead atoms. The molecule has 0 radical (unpaired) electrons. The molecule has 1 heterocycles. The van der Waals surface area contributed by atoms with Gasteiger partial charge in [-0.15, -0.1) is 0 Å². The number of thiol groups is 1. The predicted octanol–water partition coefficient (Wildman–Crippen LogP) is 1.95. The summed E-state index contributed by atoms with van der Waals surface area (Å²) in [7, 11) is 0. The van der Waals surface area contributed by atoms with Gasteiger partial charge in [0.05, 0.1) is 0 Å². The highest BCUT2D eigenvalue weighted by atomic mass is 32.1. The smallest absolute Gasteiger partial charge is 0.222 e. The van der Waals surface area contributed by atoms with Crippen molar-refractivity contribution in [3.63, 3.8) is 0 Å². The third-order valence-corrected chi connectivity index (χ3v) is 3.49. The SMILES string of the molecule is CC(C)C(S)CCN1CCCC1=O. The maximum absolute atomic E-state index is 11.3. The van der Waals surface area contributed by atoms with Crippen molar-refractivity contribution in [2.45, 2.75) is 38.4 Å². The quantitative estimate of drug-likeness (QED) is 0.689. The zero-order valence-electron chi connectivity index (χ0n) is 8.49. The van der Waals surface area contributed by atoms with E-state index in [0.717, 1.165) is 32.4 Å². The molecule has 1 fully saturated rings. The van der Waals surface area contributed by atoms with Crippen LogP contribution in [0.1, 0.15) is 33.1 Å². The van der Waals surface area contributed by atoms with Gasteiger partial charge in [0, 0.05) is 24.8 Å². The molecule has 1 atom stereocenters. The van der Waals surface area contributed by atoms with Gasteiger partial charge in [-0.05, 0) is 18.8 Å². The lowest BCUT2D eigenvalue weighted by Gasteiger charge is -2.20. The number of hydrogen-bond acceptors (Lipinski definition) is 2. The molecule has 0 aromatic rings. The van der Waals surface area contributed by atoms with Gasteiger partial charge in [0.25, 0.3) is 0 Å². The van der Waals surface area contributed by atoms with Crippen LogP contribution in [0.4, 0.5) is 0 Å². The Morgan fingerprint density at radius 3 is 2.69 bits per heavy atom. The van der Waals surface area contributed by atoms with Crippen molar-refractivity contribution >= 4 is 18.5 Å². The Hall–Kier alpha value is -0.180. The average molecular weight is 201 g/mol. The van der Waals surface area contributed by atoms with Crippen LogP contribution in [0, 0.1) is 5.92 Å².